The van der Waals surface area contributed by atoms with Crippen molar-refractivity contribution in [3.8, 4) is 0 Å². The molecule has 0 radical (unpaired) electrons. The molecular weight excluding hydrogens is 188 g/mol. The van der Waals surface area contributed by atoms with Crippen molar-refractivity contribution in [2.75, 3.05) is 13.6 Å². The Morgan fingerprint density at radius 2 is 2.27 bits per heavy atom. The monoisotopic (exact) mass is 196 g/mol. The maximum absolute atomic E-state index is 10.5. The molecule has 0 aromatic rings. The molecule has 0 aliphatic carbocycles. The lowest BCUT2D eigenvalue weighted by atomic mass is 10.4. The summed E-state index contributed by atoms with van der Waals surface area (Å²) in [5.41, 5.74) is 0. The van der Waals surface area contributed by atoms with Crippen LogP contribution in [0.4, 0.5) is 0 Å². The van der Waals surface area contributed by atoms with Gasteiger partial charge in [-0.05, 0) is 6.42 Å². The van der Waals surface area contributed by atoms with Crippen molar-refractivity contribution in [1.82, 2.24) is 4.90 Å². The van der Waals surface area contributed by atoms with Gasteiger partial charge in [0.05, 0.1) is 0 Å². The van der Waals surface area contributed by atoms with Crippen molar-refractivity contribution < 1.29 is 8.42 Å². The molecule has 0 amide bonds. The highest BCUT2D eigenvalue weighted by Gasteiger charge is 2.16. The molecule has 64 valence electrons. The van der Waals surface area contributed by atoms with E-state index in [0.29, 0.717) is 12.3 Å². The molecule has 1 rings (SSSR count). The number of hydrogen-bond acceptors (Lipinski definition) is 2. The molecule has 1 saturated heterocycles. The first-order valence-corrected chi connectivity index (χ1v) is 5.50. The number of rotatable bonds is 1. The summed E-state index contributed by atoms with van der Waals surface area (Å²) in [7, 11) is 3.01. The van der Waals surface area contributed by atoms with E-state index in [4.69, 9.17) is 10.7 Å². The normalized spacial score (nSPS) is 23.1. The molecule has 0 N–H and O–H groups in total. The molecule has 4 nitrogen and oxygen atoms in total. The van der Waals surface area contributed by atoms with Crippen LogP contribution in [0.25, 0.3) is 0 Å². The Morgan fingerprint density at radius 3 is 2.64 bits per heavy atom. The van der Waals surface area contributed by atoms with Gasteiger partial charge in [0, 0.05) is 30.7 Å². The van der Waals surface area contributed by atoms with Gasteiger partial charge in [0.2, 0.25) is 0 Å². The Bertz CT molecular complexity index is 272. The van der Waals surface area contributed by atoms with Crippen LogP contribution in [0, 0.1) is 0 Å². The third-order valence-corrected chi connectivity index (χ3v) is 2.18. The Morgan fingerprint density at radius 1 is 1.64 bits per heavy atom. The van der Waals surface area contributed by atoms with E-state index >= 15 is 0 Å². The SMILES string of the molecule is CN1CCCC1=NS(=O)(=O)Cl. The molecule has 0 aromatic carbocycles. The fourth-order valence-electron chi connectivity index (χ4n) is 1.04. The molecule has 0 bridgehead atoms. The minimum atomic E-state index is -3.72. The summed E-state index contributed by atoms with van der Waals surface area (Å²) in [4.78, 5) is 1.79. The average molecular weight is 197 g/mol. The highest BCUT2D eigenvalue weighted by atomic mass is 35.7. The molecular formula is C5H9ClN2O2S. The van der Waals surface area contributed by atoms with Gasteiger partial charge in [-0.1, -0.05) is 0 Å². The third-order valence-electron chi connectivity index (χ3n) is 1.55. The van der Waals surface area contributed by atoms with Crippen LogP contribution >= 0.6 is 10.7 Å². The summed E-state index contributed by atoms with van der Waals surface area (Å²) in [6.07, 6.45) is 1.64. The smallest absolute Gasteiger partial charge is 0.341 e. The van der Waals surface area contributed by atoms with Gasteiger partial charge in [0.25, 0.3) is 0 Å². The number of likely N-dealkylation sites (tertiary alicyclic amines) is 1. The van der Waals surface area contributed by atoms with E-state index in [-0.39, 0.29) is 0 Å². The maximum atomic E-state index is 10.5. The lowest BCUT2D eigenvalue weighted by Crippen LogP contribution is -2.19. The molecule has 1 aliphatic heterocycles. The predicted octanol–water partition coefficient (Wildman–Crippen LogP) is 0.594. The molecule has 6 heteroatoms. The molecule has 1 fully saturated rings. The molecule has 1 aliphatic rings. The summed E-state index contributed by atoms with van der Waals surface area (Å²) < 4.78 is 24.3. The summed E-state index contributed by atoms with van der Waals surface area (Å²) >= 11 is 0. The van der Waals surface area contributed by atoms with E-state index < -0.39 is 9.24 Å². The van der Waals surface area contributed by atoms with Crippen LogP contribution < -0.4 is 0 Å². The molecule has 0 unspecified atom stereocenters. The lowest BCUT2D eigenvalue weighted by molar-refractivity contribution is 0.549. The predicted molar refractivity (Wildman–Crippen MR) is 44.1 cm³/mol. The number of halogens is 1. The van der Waals surface area contributed by atoms with Gasteiger partial charge in [-0.15, -0.1) is 4.40 Å². The van der Waals surface area contributed by atoms with Crippen molar-refractivity contribution in [1.29, 1.82) is 0 Å². The first-order valence-electron chi connectivity index (χ1n) is 3.23. The van der Waals surface area contributed by atoms with Crippen LogP contribution in [0.15, 0.2) is 4.40 Å². The molecule has 0 aromatic heterocycles. The maximum Gasteiger partial charge on any atom is 0.341 e. The van der Waals surface area contributed by atoms with E-state index in [1.807, 2.05) is 0 Å². The van der Waals surface area contributed by atoms with Crippen LogP contribution in [0.2, 0.25) is 0 Å². The first kappa shape index (κ1) is 8.80. The van der Waals surface area contributed by atoms with Crippen molar-refractivity contribution in [2.24, 2.45) is 4.40 Å². The highest BCUT2D eigenvalue weighted by molar-refractivity contribution is 8.12. The topological polar surface area (TPSA) is 49.7 Å². The second-order valence-corrected chi connectivity index (χ2v) is 4.62. The standard InChI is InChI=1S/C5H9ClN2O2S/c1-8-4-2-3-5(8)7-11(6,9)10/h2-4H2,1H3. The van der Waals surface area contributed by atoms with Gasteiger partial charge in [0.15, 0.2) is 0 Å². The van der Waals surface area contributed by atoms with E-state index in [9.17, 15) is 8.42 Å². The van der Waals surface area contributed by atoms with E-state index in [1.165, 1.54) is 0 Å². The fraction of sp³-hybridized carbons (Fsp3) is 0.800. The molecule has 0 atom stereocenters. The van der Waals surface area contributed by atoms with Crippen LogP contribution in [0.5, 0.6) is 0 Å². The van der Waals surface area contributed by atoms with Crippen molar-refractivity contribution in [3.05, 3.63) is 0 Å². The van der Waals surface area contributed by atoms with E-state index in [0.717, 1.165) is 13.0 Å². The fourth-order valence-corrected chi connectivity index (χ4v) is 1.76. The average Bonchev–Trinajstić information content (AvgIpc) is 2.12. The van der Waals surface area contributed by atoms with Crippen LogP contribution in [-0.4, -0.2) is 32.7 Å². The van der Waals surface area contributed by atoms with E-state index in [2.05, 4.69) is 4.40 Å². The van der Waals surface area contributed by atoms with Gasteiger partial charge in [0.1, 0.15) is 5.84 Å². The Kier molecular flexibility index (Phi) is 2.39. The minimum Gasteiger partial charge on any atom is -0.362 e. The van der Waals surface area contributed by atoms with Crippen molar-refractivity contribution in [2.45, 2.75) is 12.8 Å². The largest absolute Gasteiger partial charge is 0.362 e. The molecule has 0 spiro atoms. The zero-order valence-electron chi connectivity index (χ0n) is 6.12. The zero-order valence-corrected chi connectivity index (χ0v) is 7.69. The van der Waals surface area contributed by atoms with Gasteiger partial charge in [-0.2, -0.15) is 8.42 Å². The summed E-state index contributed by atoms with van der Waals surface area (Å²) in [6, 6.07) is 0. The Hall–Kier alpha value is -0.290. The van der Waals surface area contributed by atoms with Gasteiger partial charge in [-0.25, -0.2) is 0 Å². The van der Waals surface area contributed by atoms with Crippen molar-refractivity contribution >= 4 is 25.8 Å². The summed E-state index contributed by atoms with van der Waals surface area (Å²) in [6.45, 7) is 0.852. The molecule has 0 saturated carbocycles. The molecule has 11 heavy (non-hydrogen) atoms. The van der Waals surface area contributed by atoms with Crippen molar-refractivity contribution in [3.63, 3.8) is 0 Å². The summed E-state index contributed by atoms with van der Waals surface area (Å²) in [5, 5.41) is 0. The van der Waals surface area contributed by atoms with Crippen LogP contribution in [-0.2, 0) is 9.24 Å². The van der Waals surface area contributed by atoms with Crippen LogP contribution in [0.1, 0.15) is 12.8 Å². The summed E-state index contributed by atoms with van der Waals surface area (Å²) in [5.74, 6) is 0.556. The van der Waals surface area contributed by atoms with Gasteiger partial charge < -0.3 is 4.90 Å². The van der Waals surface area contributed by atoms with Crippen LogP contribution in [0.3, 0.4) is 0 Å². The lowest BCUT2D eigenvalue weighted by Gasteiger charge is -2.08. The quantitative estimate of drug-likeness (QED) is 0.577. The number of hydrogen-bond donors (Lipinski definition) is 0. The second kappa shape index (κ2) is 2.98. The Balaban J connectivity index is 2.82. The Labute approximate surface area is 70.4 Å². The highest BCUT2D eigenvalue weighted by Crippen LogP contribution is 2.11. The third kappa shape index (κ3) is 2.67. The second-order valence-electron chi connectivity index (χ2n) is 2.44. The number of amidine groups is 1. The minimum absolute atomic E-state index is 0.556. The first-order chi connectivity index (χ1) is 4.99. The molecule has 1 heterocycles. The zero-order chi connectivity index (χ0) is 8.48. The van der Waals surface area contributed by atoms with E-state index in [1.54, 1.807) is 11.9 Å². The van der Waals surface area contributed by atoms with Gasteiger partial charge >= 0.3 is 9.24 Å². The number of nitrogens with zero attached hydrogens (tertiary/aromatic N) is 2. The van der Waals surface area contributed by atoms with Gasteiger partial charge in [-0.3, -0.25) is 0 Å².